The van der Waals surface area contributed by atoms with Crippen molar-refractivity contribution in [2.75, 3.05) is 13.2 Å². The predicted octanol–water partition coefficient (Wildman–Crippen LogP) is 4.84. The van der Waals surface area contributed by atoms with E-state index in [0.717, 1.165) is 6.42 Å². The summed E-state index contributed by atoms with van der Waals surface area (Å²) < 4.78 is 6.13. The van der Waals surface area contributed by atoms with E-state index in [2.05, 4.69) is 52.9 Å². The third-order valence-electron chi connectivity index (χ3n) is 3.91. The highest BCUT2D eigenvalue weighted by atomic mass is 28.4. The molecule has 0 atom stereocenters. The normalized spacial score (nSPS) is 15.2. The summed E-state index contributed by atoms with van der Waals surface area (Å²) in [6.07, 6.45) is 8.98. The number of hydrogen-bond acceptors (Lipinski definition) is 2. The molecule has 20 heavy (non-hydrogen) atoms. The molecular formula is C17H32O2Si. The van der Waals surface area contributed by atoms with Crippen molar-refractivity contribution < 1.29 is 9.53 Å². The molecule has 0 unspecified atom stereocenters. The minimum absolute atomic E-state index is 0.0976. The Labute approximate surface area is 126 Å². The molecule has 0 aromatic carbocycles. The first kappa shape index (κ1) is 19.4. The Morgan fingerprint density at radius 3 is 2.25 bits per heavy atom. The van der Waals surface area contributed by atoms with Gasteiger partial charge in [0.05, 0.1) is 13.2 Å². The van der Waals surface area contributed by atoms with Gasteiger partial charge < -0.3 is 9.53 Å². The highest BCUT2D eigenvalue weighted by Gasteiger charge is 2.36. The van der Waals surface area contributed by atoms with Gasteiger partial charge in [0, 0.05) is 0 Å². The van der Waals surface area contributed by atoms with Crippen LogP contribution in [0.5, 0.6) is 0 Å². The molecule has 0 radical (unpaired) electrons. The molecule has 2 nitrogen and oxygen atoms in total. The summed E-state index contributed by atoms with van der Waals surface area (Å²) in [5.74, 6) is 0. The van der Waals surface area contributed by atoms with Gasteiger partial charge in [-0.15, -0.1) is 0 Å². The zero-order valence-corrected chi connectivity index (χ0v) is 15.3. The van der Waals surface area contributed by atoms with Gasteiger partial charge in [0.2, 0.25) is 0 Å². The Kier molecular flexibility index (Phi) is 8.32. The highest BCUT2D eigenvalue weighted by molar-refractivity contribution is 6.74. The number of allylic oxidation sites excluding steroid dienone is 4. The smallest absolute Gasteiger partial charge is 0.192 e. The highest BCUT2D eigenvalue weighted by Crippen LogP contribution is 2.36. The maximum atomic E-state index is 8.71. The fourth-order valence-electron chi connectivity index (χ4n) is 1.32. The Morgan fingerprint density at radius 2 is 1.75 bits per heavy atom. The van der Waals surface area contributed by atoms with E-state index in [1.807, 2.05) is 13.0 Å². The van der Waals surface area contributed by atoms with Crippen LogP contribution in [0, 0.1) is 0 Å². The monoisotopic (exact) mass is 296 g/mol. The number of rotatable bonds is 7. The van der Waals surface area contributed by atoms with E-state index < -0.39 is 8.32 Å². The summed E-state index contributed by atoms with van der Waals surface area (Å²) >= 11 is 0. The Balaban J connectivity index is 4.32. The second-order valence-electron chi connectivity index (χ2n) is 6.86. The molecule has 0 spiro atoms. The summed E-state index contributed by atoms with van der Waals surface area (Å²) in [5.41, 5.74) is 2.50. The minimum atomic E-state index is -1.63. The Bertz CT molecular complexity index is 371. The van der Waals surface area contributed by atoms with E-state index in [0.29, 0.717) is 6.61 Å². The van der Waals surface area contributed by atoms with Crippen LogP contribution in [0.2, 0.25) is 18.1 Å². The zero-order valence-electron chi connectivity index (χ0n) is 14.3. The first-order valence-corrected chi connectivity index (χ1v) is 10.2. The molecule has 0 aliphatic carbocycles. The molecule has 0 saturated carbocycles. The van der Waals surface area contributed by atoms with Crippen molar-refractivity contribution in [1.29, 1.82) is 0 Å². The standard InChI is InChI=1S/C17H32O2Si/c1-15(9-8-13-18)10-11-16(2)12-14-19-20(6,7)17(3,4)5/h8-10,12,18H,11,13-14H2,1-7H3/b9-8+,15-10+,16-12+. The molecule has 0 amide bonds. The SMILES string of the molecule is CC(/C=C/CO)=C\C/C(C)=C/CO[Si](C)(C)C(C)(C)C. The van der Waals surface area contributed by atoms with Gasteiger partial charge in [0.1, 0.15) is 0 Å². The molecule has 3 heteroatoms. The van der Waals surface area contributed by atoms with E-state index >= 15 is 0 Å². The van der Waals surface area contributed by atoms with Crippen molar-refractivity contribution >= 4 is 8.32 Å². The molecule has 0 saturated heterocycles. The second-order valence-corrected chi connectivity index (χ2v) is 11.7. The predicted molar refractivity (Wildman–Crippen MR) is 91.5 cm³/mol. The maximum absolute atomic E-state index is 8.71. The van der Waals surface area contributed by atoms with Crippen molar-refractivity contribution in [1.82, 2.24) is 0 Å². The lowest BCUT2D eigenvalue weighted by atomic mass is 10.1. The van der Waals surface area contributed by atoms with E-state index in [1.54, 1.807) is 6.08 Å². The third kappa shape index (κ3) is 7.83. The maximum Gasteiger partial charge on any atom is 0.192 e. The van der Waals surface area contributed by atoms with E-state index in [9.17, 15) is 0 Å². The van der Waals surface area contributed by atoms with Crippen LogP contribution in [-0.4, -0.2) is 26.6 Å². The zero-order chi connectivity index (χ0) is 15.8. The number of aliphatic hydroxyl groups is 1. The molecule has 0 fully saturated rings. The van der Waals surface area contributed by atoms with E-state index in [-0.39, 0.29) is 11.6 Å². The lowest BCUT2D eigenvalue weighted by molar-refractivity contribution is 0.327. The number of hydrogen-bond donors (Lipinski definition) is 1. The Morgan fingerprint density at radius 1 is 1.15 bits per heavy atom. The van der Waals surface area contributed by atoms with Crippen LogP contribution in [0.4, 0.5) is 0 Å². The molecule has 0 aromatic heterocycles. The fourth-order valence-corrected chi connectivity index (χ4v) is 2.25. The lowest BCUT2D eigenvalue weighted by Crippen LogP contribution is -2.40. The van der Waals surface area contributed by atoms with Crippen molar-refractivity contribution in [3.63, 3.8) is 0 Å². The van der Waals surface area contributed by atoms with Crippen LogP contribution in [0.1, 0.15) is 41.0 Å². The molecule has 0 bridgehead atoms. The van der Waals surface area contributed by atoms with E-state index in [4.69, 9.17) is 9.53 Å². The largest absolute Gasteiger partial charge is 0.413 e. The average Bonchev–Trinajstić information content (AvgIpc) is 2.32. The van der Waals surface area contributed by atoms with Gasteiger partial charge in [-0.25, -0.2) is 0 Å². The molecule has 0 rings (SSSR count). The van der Waals surface area contributed by atoms with Crippen LogP contribution >= 0.6 is 0 Å². The summed E-state index contributed by atoms with van der Waals surface area (Å²) in [4.78, 5) is 0. The van der Waals surface area contributed by atoms with Gasteiger partial charge in [0.15, 0.2) is 8.32 Å². The van der Waals surface area contributed by atoms with Crippen LogP contribution in [0.25, 0.3) is 0 Å². The fraction of sp³-hybridized carbons (Fsp3) is 0.647. The van der Waals surface area contributed by atoms with Gasteiger partial charge in [-0.05, 0) is 38.4 Å². The summed E-state index contributed by atoms with van der Waals surface area (Å²) in [5, 5.41) is 8.98. The first-order valence-electron chi connectivity index (χ1n) is 7.34. The quantitative estimate of drug-likeness (QED) is 0.414. The first-order chi connectivity index (χ1) is 9.10. The molecule has 0 aliphatic rings. The van der Waals surface area contributed by atoms with Crippen LogP contribution in [0.15, 0.2) is 35.5 Å². The molecule has 0 aromatic rings. The van der Waals surface area contributed by atoms with Crippen molar-refractivity contribution in [2.45, 2.75) is 59.2 Å². The summed E-state index contributed by atoms with van der Waals surface area (Å²) in [6.45, 7) is 16.3. The topological polar surface area (TPSA) is 29.5 Å². The van der Waals surface area contributed by atoms with Crippen LogP contribution in [0.3, 0.4) is 0 Å². The van der Waals surface area contributed by atoms with Gasteiger partial charge in [0.25, 0.3) is 0 Å². The van der Waals surface area contributed by atoms with Crippen molar-refractivity contribution in [3.05, 3.63) is 35.5 Å². The Hall–Kier alpha value is -0.643. The van der Waals surface area contributed by atoms with Crippen LogP contribution < -0.4 is 0 Å². The van der Waals surface area contributed by atoms with E-state index in [1.165, 1.54) is 11.1 Å². The third-order valence-corrected chi connectivity index (χ3v) is 8.42. The van der Waals surface area contributed by atoms with Gasteiger partial charge in [-0.2, -0.15) is 0 Å². The van der Waals surface area contributed by atoms with Gasteiger partial charge in [-0.3, -0.25) is 0 Å². The van der Waals surface area contributed by atoms with Gasteiger partial charge in [-0.1, -0.05) is 56.2 Å². The van der Waals surface area contributed by atoms with Crippen molar-refractivity contribution in [2.24, 2.45) is 0 Å². The molecule has 0 heterocycles. The summed E-state index contributed by atoms with van der Waals surface area (Å²) in [7, 11) is -1.63. The lowest BCUT2D eigenvalue weighted by Gasteiger charge is -2.35. The molecule has 1 N–H and O–H groups in total. The van der Waals surface area contributed by atoms with Crippen molar-refractivity contribution in [3.8, 4) is 0 Å². The molecule has 116 valence electrons. The van der Waals surface area contributed by atoms with Crippen LogP contribution in [-0.2, 0) is 4.43 Å². The second kappa shape index (κ2) is 8.60. The summed E-state index contributed by atoms with van der Waals surface area (Å²) in [6, 6.07) is 0. The average molecular weight is 297 g/mol. The molecular weight excluding hydrogens is 264 g/mol. The minimum Gasteiger partial charge on any atom is -0.413 e. The molecule has 0 aliphatic heterocycles. The van der Waals surface area contributed by atoms with Gasteiger partial charge >= 0.3 is 0 Å². The number of aliphatic hydroxyl groups excluding tert-OH is 1.